The van der Waals surface area contributed by atoms with Crippen LogP contribution >= 0.6 is 23.2 Å². The molecule has 1 aliphatic heterocycles. The second-order valence-electron chi connectivity index (χ2n) is 4.18. The highest BCUT2D eigenvalue weighted by Gasteiger charge is 2.30. The van der Waals surface area contributed by atoms with Crippen molar-refractivity contribution >= 4 is 41.2 Å². The summed E-state index contributed by atoms with van der Waals surface area (Å²) in [6.07, 6.45) is 1.57. The van der Waals surface area contributed by atoms with Crippen LogP contribution in [0.3, 0.4) is 0 Å². The summed E-state index contributed by atoms with van der Waals surface area (Å²) in [7, 11) is 1.27. The average Bonchev–Trinajstić information content (AvgIpc) is 2.68. The molecule has 20 heavy (non-hydrogen) atoms. The third kappa shape index (κ3) is 2.71. The van der Waals surface area contributed by atoms with Crippen LogP contribution in [0, 0.1) is 0 Å². The van der Waals surface area contributed by atoms with Crippen molar-refractivity contribution in [1.82, 2.24) is 5.32 Å². The predicted octanol–water partition coefficient (Wildman–Crippen LogP) is 2.95. The highest BCUT2D eigenvalue weighted by Crippen LogP contribution is 2.27. The van der Waals surface area contributed by atoms with Gasteiger partial charge in [0.25, 0.3) is 5.91 Å². The summed E-state index contributed by atoms with van der Waals surface area (Å²) >= 11 is 11.8. The van der Waals surface area contributed by atoms with Gasteiger partial charge in [-0.1, -0.05) is 29.3 Å². The maximum absolute atomic E-state index is 11.9. The van der Waals surface area contributed by atoms with Gasteiger partial charge in [0.2, 0.25) is 0 Å². The fourth-order valence-electron chi connectivity index (χ4n) is 1.89. The summed E-state index contributed by atoms with van der Waals surface area (Å²) in [5.74, 6) is -0.916. The number of hydrogen-bond donors (Lipinski definition) is 1. The molecule has 0 radical (unpaired) electrons. The number of esters is 1. The molecule has 0 unspecified atom stereocenters. The van der Waals surface area contributed by atoms with Crippen LogP contribution in [0.2, 0.25) is 10.0 Å². The quantitative estimate of drug-likeness (QED) is 0.675. The number of methoxy groups -OCH3 is 1. The van der Waals surface area contributed by atoms with E-state index in [0.29, 0.717) is 21.3 Å². The molecule has 0 bridgehead atoms. The van der Waals surface area contributed by atoms with E-state index in [9.17, 15) is 9.59 Å². The van der Waals surface area contributed by atoms with Crippen molar-refractivity contribution in [1.29, 1.82) is 0 Å². The number of ether oxygens (including phenoxy) is 1. The van der Waals surface area contributed by atoms with Gasteiger partial charge in [-0.25, -0.2) is 4.79 Å². The molecule has 1 heterocycles. The maximum atomic E-state index is 11.9. The zero-order valence-electron chi connectivity index (χ0n) is 10.8. The summed E-state index contributed by atoms with van der Waals surface area (Å²) < 4.78 is 4.69. The van der Waals surface area contributed by atoms with E-state index >= 15 is 0 Å². The number of allylic oxidation sites excluding steroid dienone is 1. The lowest BCUT2D eigenvalue weighted by Crippen LogP contribution is -2.15. The molecule has 1 aromatic carbocycles. The van der Waals surface area contributed by atoms with E-state index < -0.39 is 5.97 Å². The molecule has 104 valence electrons. The van der Waals surface area contributed by atoms with E-state index in [1.54, 1.807) is 31.2 Å². The minimum Gasteiger partial charge on any atom is -0.465 e. The Balaban J connectivity index is 2.48. The van der Waals surface area contributed by atoms with Gasteiger partial charge >= 0.3 is 5.97 Å². The Morgan fingerprint density at radius 2 is 2.00 bits per heavy atom. The number of hydrogen-bond acceptors (Lipinski definition) is 3. The number of amides is 1. The van der Waals surface area contributed by atoms with Crippen molar-refractivity contribution in [3.05, 3.63) is 50.7 Å². The highest BCUT2D eigenvalue weighted by atomic mass is 35.5. The van der Waals surface area contributed by atoms with E-state index in [0.717, 1.165) is 0 Å². The Morgan fingerprint density at radius 3 is 2.60 bits per heavy atom. The standard InChI is InChI=1S/C14H11Cl2NO3/c1-7-12(14(19)20-2)9(13(18)17-7)5-8-3-4-10(15)11(16)6-8/h3-6H,1-2H3,(H,17,18). The second-order valence-corrected chi connectivity index (χ2v) is 4.99. The summed E-state index contributed by atoms with van der Waals surface area (Å²) in [5.41, 5.74) is 1.60. The lowest BCUT2D eigenvalue weighted by Gasteiger charge is -2.03. The van der Waals surface area contributed by atoms with Gasteiger partial charge in [-0.2, -0.15) is 0 Å². The minimum atomic E-state index is -0.563. The molecule has 1 aromatic rings. The Labute approximate surface area is 126 Å². The number of benzene rings is 1. The first-order chi connectivity index (χ1) is 9.43. The van der Waals surface area contributed by atoms with Gasteiger partial charge in [0.1, 0.15) is 0 Å². The van der Waals surface area contributed by atoms with E-state index in [4.69, 9.17) is 23.2 Å². The Kier molecular flexibility index (Phi) is 4.16. The summed E-state index contributed by atoms with van der Waals surface area (Å²) in [4.78, 5) is 23.6. The number of nitrogens with one attached hydrogen (secondary N) is 1. The molecule has 6 heteroatoms. The van der Waals surface area contributed by atoms with Gasteiger partial charge in [-0.05, 0) is 30.7 Å². The van der Waals surface area contributed by atoms with E-state index in [-0.39, 0.29) is 17.1 Å². The summed E-state index contributed by atoms with van der Waals surface area (Å²) in [6, 6.07) is 4.95. The monoisotopic (exact) mass is 311 g/mol. The van der Waals surface area contributed by atoms with Crippen LogP contribution in [0.4, 0.5) is 0 Å². The molecule has 0 fully saturated rings. The van der Waals surface area contributed by atoms with E-state index in [2.05, 4.69) is 10.1 Å². The van der Waals surface area contributed by atoms with Crippen LogP contribution in [-0.2, 0) is 14.3 Å². The number of carbonyl (C=O) groups excluding carboxylic acids is 2. The van der Waals surface area contributed by atoms with Gasteiger partial charge in [0.15, 0.2) is 0 Å². The molecule has 0 saturated carbocycles. The summed E-state index contributed by atoms with van der Waals surface area (Å²) in [6.45, 7) is 1.64. The molecule has 0 atom stereocenters. The third-order valence-corrected chi connectivity index (χ3v) is 3.57. The molecule has 0 aromatic heterocycles. The van der Waals surface area contributed by atoms with Crippen LogP contribution in [0.1, 0.15) is 12.5 Å². The van der Waals surface area contributed by atoms with Crippen molar-refractivity contribution in [2.24, 2.45) is 0 Å². The first kappa shape index (κ1) is 14.6. The minimum absolute atomic E-state index is 0.226. The highest BCUT2D eigenvalue weighted by molar-refractivity contribution is 6.42. The Morgan fingerprint density at radius 1 is 1.30 bits per heavy atom. The lowest BCUT2D eigenvalue weighted by molar-refractivity contribution is -0.136. The summed E-state index contributed by atoms with van der Waals surface area (Å²) in [5, 5.41) is 3.39. The molecule has 4 nitrogen and oxygen atoms in total. The van der Waals surface area contributed by atoms with Gasteiger partial charge < -0.3 is 10.1 Å². The Hall–Kier alpha value is -1.78. The second kappa shape index (κ2) is 5.69. The number of halogens is 2. The zero-order chi connectivity index (χ0) is 14.9. The van der Waals surface area contributed by atoms with Crippen LogP contribution < -0.4 is 5.32 Å². The predicted molar refractivity (Wildman–Crippen MR) is 77.3 cm³/mol. The normalized spacial score (nSPS) is 16.6. The van der Waals surface area contributed by atoms with Crippen LogP contribution in [0.15, 0.2) is 35.0 Å². The number of carbonyl (C=O) groups is 2. The first-order valence-electron chi connectivity index (χ1n) is 5.71. The SMILES string of the molecule is COC(=O)C1=C(C)NC(=O)C1=Cc1ccc(Cl)c(Cl)c1. The molecular formula is C14H11Cl2NO3. The molecular weight excluding hydrogens is 301 g/mol. The molecule has 1 N–H and O–H groups in total. The van der Waals surface area contributed by atoms with E-state index in [1.807, 2.05) is 0 Å². The first-order valence-corrected chi connectivity index (χ1v) is 6.47. The topological polar surface area (TPSA) is 55.4 Å². The molecule has 0 aliphatic carbocycles. The van der Waals surface area contributed by atoms with Crippen molar-refractivity contribution in [3.8, 4) is 0 Å². The van der Waals surface area contributed by atoms with Crippen molar-refractivity contribution in [2.45, 2.75) is 6.92 Å². The van der Waals surface area contributed by atoms with Crippen LogP contribution in [0.25, 0.3) is 6.08 Å². The smallest absolute Gasteiger partial charge is 0.340 e. The van der Waals surface area contributed by atoms with Gasteiger partial charge in [0.05, 0.1) is 28.3 Å². The van der Waals surface area contributed by atoms with E-state index in [1.165, 1.54) is 7.11 Å². The van der Waals surface area contributed by atoms with Crippen molar-refractivity contribution in [3.63, 3.8) is 0 Å². The molecule has 1 aliphatic rings. The van der Waals surface area contributed by atoms with Crippen LogP contribution in [-0.4, -0.2) is 19.0 Å². The van der Waals surface area contributed by atoms with Crippen molar-refractivity contribution < 1.29 is 14.3 Å². The molecule has 2 rings (SSSR count). The largest absolute Gasteiger partial charge is 0.465 e. The van der Waals surface area contributed by atoms with Gasteiger partial charge in [-0.15, -0.1) is 0 Å². The van der Waals surface area contributed by atoms with Gasteiger partial charge in [-0.3, -0.25) is 4.79 Å². The van der Waals surface area contributed by atoms with Gasteiger partial charge in [0, 0.05) is 5.70 Å². The molecule has 1 amide bonds. The maximum Gasteiger partial charge on any atom is 0.340 e. The third-order valence-electron chi connectivity index (χ3n) is 2.83. The molecule has 0 spiro atoms. The average molecular weight is 312 g/mol. The fraction of sp³-hybridized carbons (Fsp3) is 0.143. The Bertz CT molecular complexity index is 662. The fourth-order valence-corrected chi connectivity index (χ4v) is 2.19. The zero-order valence-corrected chi connectivity index (χ0v) is 12.3. The number of rotatable bonds is 2. The van der Waals surface area contributed by atoms with Crippen molar-refractivity contribution in [2.75, 3.05) is 7.11 Å². The lowest BCUT2D eigenvalue weighted by atomic mass is 10.0. The molecule has 0 saturated heterocycles. The van der Waals surface area contributed by atoms with Crippen LogP contribution in [0.5, 0.6) is 0 Å².